The van der Waals surface area contributed by atoms with Crippen LogP contribution in [0.2, 0.25) is 0 Å². The molecular formula is C23H24N4O3S. The lowest BCUT2D eigenvalue weighted by molar-refractivity contribution is -0.145. The molecule has 160 valence electrons. The van der Waals surface area contributed by atoms with Crippen LogP contribution >= 0.6 is 11.3 Å². The molecule has 1 atom stereocenters. The minimum atomic E-state index is -0.442. The van der Waals surface area contributed by atoms with Crippen molar-refractivity contribution in [3.8, 4) is 6.07 Å². The number of carbonyl (C=O) groups is 1. The van der Waals surface area contributed by atoms with Gasteiger partial charge in [-0.3, -0.25) is 14.2 Å². The van der Waals surface area contributed by atoms with Gasteiger partial charge in [0.2, 0.25) is 5.95 Å². The second kappa shape index (κ2) is 8.90. The topological polar surface area (TPSA) is 88.2 Å². The number of thiophene rings is 1. The first-order chi connectivity index (χ1) is 15.0. The van der Waals surface area contributed by atoms with Gasteiger partial charge < -0.3 is 9.64 Å². The van der Waals surface area contributed by atoms with Crippen molar-refractivity contribution in [2.24, 2.45) is 0 Å². The number of anilines is 1. The van der Waals surface area contributed by atoms with Crippen molar-refractivity contribution in [2.75, 3.05) is 18.0 Å². The lowest BCUT2D eigenvalue weighted by Crippen LogP contribution is -2.36. The average Bonchev–Trinajstić information content (AvgIpc) is 3.21. The van der Waals surface area contributed by atoms with E-state index < -0.39 is 6.10 Å². The van der Waals surface area contributed by atoms with Gasteiger partial charge in [0.05, 0.1) is 23.7 Å². The normalized spacial score (nSPS) is 14.9. The number of hydrogen-bond acceptors (Lipinski definition) is 7. The molecule has 0 radical (unpaired) electrons. The van der Waals surface area contributed by atoms with Crippen LogP contribution in [0, 0.1) is 11.3 Å². The van der Waals surface area contributed by atoms with Crippen molar-refractivity contribution in [2.45, 2.75) is 45.8 Å². The second-order valence-electron chi connectivity index (χ2n) is 7.73. The predicted octanol–water partition coefficient (Wildman–Crippen LogP) is 3.99. The summed E-state index contributed by atoms with van der Waals surface area (Å²) in [6.07, 6.45) is 2.84. The number of rotatable bonds is 5. The van der Waals surface area contributed by atoms with Crippen molar-refractivity contribution in [1.29, 1.82) is 5.26 Å². The molecule has 3 aromatic rings. The Labute approximate surface area is 184 Å². The number of ether oxygens (including phenoxy) is 1. The quantitative estimate of drug-likeness (QED) is 0.562. The number of aromatic nitrogens is 2. The Morgan fingerprint density at radius 2 is 2.03 bits per heavy atom. The molecule has 8 heteroatoms. The van der Waals surface area contributed by atoms with Crippen LogP contribution in [-0.2, 0) is 16.1 Å². The van der Waals surface area contributed by atoms with Crippen molar-refractivity contribution in [3.63, 3.8) is 0 Å². The van der Waals surface area contributed by atoms with Gasteiger partial charge in [-0.15, -0.1) is 11.3 Å². The fraction of sp³-hybridized carbons (Fsp3) is 0.391. The Hall–Kier alpha value is -3.18. The average molecular weight is 437 g/mol. The zero-order valence-corrected chi connectivity index (χ0v) is 18.4. The van der Waals surface area contributed by atoms with Gasteiger partial charge >= 0.3 is 5.97 Å². The summed E-state index contributed by atoms with van der Waals surface area (Å²) in [5.41, 5.74) is 1.82. The van der Waals surface area contributed by atoms with Crippen LogP contribution in [0.25, 0.3) is 10.2 Å². The summed E-state index contributed by atoms with van der Waals surface area (Å²) in [7, 11) is 0. The number of nitrogens with zero attached hydrogens (tertiary/aromatic N) is 4. The van der Waals surface area contributed by atoms with Crippen molar-refractivity contribution in [1.82, 2.24) is 9.55 Å². The van der Waals surface area contributed by atoms with Gasteiger partial charge in [0.25, 0.3) is 5.56 Å². The van der Waals surface area contributed by atoms with Gasteiger partial charge in [-0.1, -0.05) is 18.2 Å². The summed E-state index contributed by atoms with van der Waals surface area (Å²) in [5.74, 6) is 0.270. The molecule has 7 nitrogen and oxygen atoms in total. The molecule has 0 spiro atoms. The number of hydrogen-bond donors (Lipinski definition) is 0. The van der Waals surface area contributed by atoms with E-state index in [9.17, 15) is 14.9 Å². The molecule has 0 amide bonds. The molecule has 2 aromatic heterocycles. The number of piperidine rings is 1. The van der Waals surface area contributed by atoms with E-state index in [0.717, 1.165) is 36.4 Å². The third-order valence-electron chi connectivity index (χ3n) is 5.48. The first-order valence-electron chi connectivity index (χ1n) is 10.4. The molecule has 0 aliphatic carbocycles. The van der Waals surface area contributed by atoms with E-state index in [0.29, 0.717) is 21.7 Å². The molecule has 1 aliphatic heterocycles. The second-order valence-corrected chi connectivity index (χ2v) is 8.82. The summed E-state index contributed by atoms with van der Waals surface area (Å²) >= 11 is 1.31. The highest BCUT2D eigenvalue weighted by Crippen LogP contribution is 2.31. The molecule has 0 bridgehead atoms. The zero-order chi connectivity index (χ0) is 22.0. The van der Waals surface area contributed by atoms with Crippen LogP contribution in [-0.4, -0.2) is 28.6 Å². The standard InChI is InChI=1S/C23H24N4O3S/c1-15(30-16(2)28)20-12-19-21(31-20)22(29)27(14-18-9-5-4-8-17(18)13-24)23(25-19)26-10-6-3-7-11-26/h4-5,8-9,12,15H,3,6-7,10-11,14H2,1-2H3/t15-/m0/s1. The van der Waals surface area contributed by atoms with Gasteiger partial charge in [-0.25, -0.2) is 4.98 Å². The Bertz CT molecular complexity index is 1220. The Balaban J connectivity index is 1.85. The molecule has 1 aromatic carbocycles. The highest BCUT2D eigenvalue weighted by Gasteiger charge is 2.22. The summed E-state index contributed by atoms with van der Waals surface area (Å²) in [4.78, 5) is 32.7. The summed E-state index contributed by atoms with van der Waals surface area (Å²) in [5, 5.41) is 9.49. The SMILES string of the molecule is CC(=O)O[C@@H](C)c1cc2nc(N3CCCCC3)n(Cc3ccccc3C#N)c(=O)c2s1. The Morgan fingerprint density at radius 3 is 2.74 bits per heavy atom. The smallest absolute Gasteiger partial charge is 0.303 e. The van der Waals surface area contributed by atoms with Gasteiger partial charge in [0.1, 0.15) is 10.8 Å². The van der Waals surface area contributed by atoms with Crippen molar-refractivity contribution in [3.05, 3.63) is 56.7 Å². The highest BCUT2D eigenvalue weighted by atomic mass is 32.1. The highest BCUT2D eigenvalue weighted by molar-refractivity contribution is 7.19. The van der Waals surface area contributed by atoms with E-state index in [4.69, 9.17) is 9.72 Å². The third-order valence-corrected chi connectivity index (χ3v) is 6.75. The summed E-state index contributed by atoms with van der Waals surface area (Å²) in [6.45, 7) is 5.14. The summed E-state index contributed by atoms with van der Waals surface area (Å²) in [6, 6.07) is 11.4. The van der Waals surface area contributed by atoms with Gasteiger partial charge in [-0.05, 0) is 43.9 Å². The lowest BCUT2D eigenvalue weighted by atomic mass is 10.1. The number of carbonyl (C=O) groups excluding carboxylic acids is 1. The van der Waals surface area contributed by atoms with Gasteiger partial charge in [0, 0.05) is 24.9 Å². The van der Waals surface area contributed by atoms with Crippen molar-refractivity contribution < 1.29 is 9.53 Å². The van der Waals surface area contributed by atoms with E-state index in [1.54, 1.807) is 17.6 Å². The largest absolute Gasteiger partial charge is 0.457 e. The van der Waals surface area contributed by atoms with Crippen LogP contribution in [0.3, 0.4) is 0 Å². The fourth-order valence-electron chi connectivity index (χ4n) is 3.94. The van der Waals surface area contributed by atoms with E-state index in [1.165, 1.54) is 24.7 Å². The van der Waals surface area contributed by atoms with E-state index in [1.807, 2.05) is 24.3 Å². The van der Waals surface area contributed by atoms with Crippen LogP contribution < -0.4 is 10.5 Å². The Morgan fingerprint density at radius 1 is 1.29 bits per heavy atom. The van der Waals surface area contributed by atoms with E-state index in [-0.39, 0.29) is 18.1 Å². The fourth-order valence-corrected chi connectivity index (χ4v) is 4.97. The lowest BCUT2D eigenvalue weighted by Gasteiger charge is -2.29. The molecule has 3 heterocycles. The molecule has 0 N–H and O–H groups in total. The molecular weight excluding hydrogens is 412 g/mol. The minimum absolute atomic E-state index is 0.135. The van der Waals surface area contributed by atoms with Crippen LogP contribution in [0.15, 0.2) is 35.1 Å². The van der Waals surface area contributed by atoms with Crippen LogP contribution in [0.5, 0.6) is 0 Å². The number of esters is 1. The monoisotopic (exact) mass is 436 g/mol. The van der Waals surface area contributed by atoms with Crippen molar-refractivity contribution >= 4 is 33.5 Å². The third kappa shape index (κ3) is 4.32. The molecule has 1 aliphatic rings. The maximum atomic E-state index is 13.6. The maximum Gasteiger partial charge on any atom is 0.303 e. The van der Waals surface area contributed by atoms with Gasteiger partial charge in [0.15, 0.2) is 0 Å². The minimum Gasteiger partial charge on any atom is -0.457 e. The van der Waals surface area contributed by atoms with Crippen LogP contribution in [0.4, 0.5) is 5.95 Å². The van der Waals surface area contributed by atoms with E-state index >= 15 is 0 Å². The molecule has 4 rings (SSSR count). The Kier molecular flexibility index (Phi) is 6.05. The van der Waals surface area contributed by atoms with Gasteiger partial charge in [-0.2, -0.15) is 5.26 Å². The maximum absolute atomic E-state index is 13.6. The molecule has 0 unspecified atom stereocenters. The molecule has 1 saturated heterocycles. The summed E-state index contributed by atoms with van der Waals surface area (Å²) < 4.78 is 7.51. The number of benzene rings is 1. The molecule has 1 fully saturated rings. The molecule has 0 saturated carbocycles. The molecule has 31 heavy (non-hydrogen) atoms. The van der Waals surface area contributed by atoms with E-state index in [2.05, 4.69) is 11.0 Å². The first kappa shape index (κ1) is 21.1. The zero-order valence-electron chi connectivity index (χ0n) is 17.6. The number of nitriles is 1. The predicted molar refractivity (Wildman–Crippen MR) is 120 cm³/mol. The first-order valence-corrected chi connectivity index (χ1v) is 11.2. The van der Waals surface area contributed by atoms with Crippen LogP contribution in [0.1, 0.15) is 55.2 Å². The number of fused-ring (bicyclic) bond motifs is 1.